The van der Waals surface area contributed by atoms with Gasteiger partial charge in [-0.3, -0.25) is 4.79 Å². The number of aromatic hydroxyl groups is 1. The molecule has 0 atom stereocenters. The average Bonchev–Trinajstić information content (AvgIpc) is 3.35. The lowest BCUT2D eigenvalue weighted by Gasteiger charge is -2.22. The molecular formula is C21H19NO2. The summed E-state index contributed by atoms with van der Waals surface area (Å²) in [5, 5.41) is 12.4. The van der Waals surface area contributed by atoms with Crippen molar-refractivity contribution < 1.29 is 9.90 Å². The van der Waals surface area contributed by atoms with Crippen LogP contribution in [0.1, 0.15) is 39.9 Å². The molecule has 1 saturated carbocycles. The highest BCUT2D eigenvalue weighted by Gasteiger charge is 2.48. The minimum absolute atomic E-state index is 0.145. The van der Waals surface area contributed by atoms with Gasteiger partial charge >= 0.3 is 0 Å². The molecule has 0 unspecified atom stereocenters. The van der Waals surface area contributed by atoms with Crippen molar-refractivity contribution in [3.63, 3.8) is 0 Å². The molecule has 3 nitrogen and oxygen atoms in total. The zero-order valence-corrected chi connectivity index (χ0v) is 13.5. The Hall–Kier alpha value is -2.81. The Labute approximate surface area is 140 Å². The Balaban J connectivity index is 1.98. The lowest BCUT2D eigenvalue weighted by atomic mass is 9.81. The third-order valence-corrected chi connectivity index (χ3v) is 5.23. The zero-order valence-electron chi connectivity index (χ0n) is 13.5. The second-order valence-electron chi connectivity index (χ2n) is 6.64. The highest BCUT2D eigenvalue weighted by atomic mass is 16.3. The normalized spacial score (nSPS) is 15.4. The van der Waals surface area contributed by atoms with Crippen LogP contribution in [0, 0.1) is 6.92 Å². The number of carbonyl (C=O) groups excluding carboxylic acids is 1. The van der Waals surface area contributed by atoms with Gasteiger partial charge < -0.3 is 10.8 Å². The quantitative estimate of drug-likeness (QED) is 0.766. The summed E-state index contributed by atoms with van der Waals surface area (Å²) in [7, 11) is 0. The summed E-state index contributed by atoms with van der Waals surface area (Å²) in [5.74, 6) is -0.121. The molecule has 0 saturated heterocycles. The van der Waals surface area contributed by atoms with Gasteiger partial charge in [-0.15, -0.1) is 0 Å². The van der Waals surface area contributed by atoms with Crippen LogP contribution in [0.2, 0.25) is 0 Å². The van der Waals surface area contributed by atoms with Crippen LogP contribution in [-0.4, -0.2) is 11.0 Å². The van der Waals surface area contributed by atoms with Crippen LogP contribution in [-0.2, 0) is 5.41 Å². The van der Waals surface area contributed by atoms with Crippen LogP contribution >= 0.6 is 0 Å². The molecule has 4 rings (SSSR count). The first kappa shape index (κ1) is 14.8. The molecule has 0 aliphatic heterocycles. The van der Waals surface area contributed by atoms with Crippen LogP contribution in [0.4, 0.5) is 0 Å². The van der Waals surface area contributed by atoms with Crippen LogP contribution in [0.5, 0.6) is 5.75 Å². The highest BCUT2D eigenvalue weighted by molar-refractivity contribution is 5.95. The van der Waals surface area contributed by atoms with Crippen molar-refractivity contribution in [3.05, 3.63) is 76.9 Å². The van der Waals surface area contributed by atoms with E-state index in [1.54, 1.807) is 12.1 Å². The lowest BCUT2D eigenvalue weighted by molar-refractivity contribution is 0.0999. The molecule has 3 heteroatoms. The summed E-state index contributed by atoms with van der Waals surface area (Å²) in [6, 6.07) is 17.5. The minimum Gasteiger partial charge on any atom is -0.508 e. The van der Waals surface area contributed by atoms with Crippen molar-refractivity contribution in [2.75, 3.05) is 0 Å². The summed E-state index contributed by atoms with van der Waals surface area (Å²) >= 11 is 0. The first-order valence-corrected chi connectivity index (χ1v) is 8.15. The first-order chi connectivity index (χ1) is 11.5. The van der Waals surface area contributed by atoms with Gasteiger partial charge in [0.15, 0.2) is 0 Å². The van der Waals surface area contributed by atoms with Gasteiger partial charge in [0.25, 0.3) is 0 Å². The van der Waals surface area contributed by atoms with E-state index in [-0.39, 0.29) is 11.2 Å². The molecule has 3 aromatic rings. The van der Waals surface area contributed by atoms with Crippen molar-refractivity contribution >= 4 is 16.7 Å². The standard InChI is InChI=1S/C21H19NO2/c1-13-16(20(22)24)7-4-8-18(13)21(9-10-21)19-12-15(23)11-14-5-2-3-6-17(14)19/h2-8,11-12,23H,9-10H2,1H3,(H2,22,24). The molecule has 24 heavy (non-hydrogen) atoms. The van der Waals surface area contributed by atoms with Crippen LogP contribution in [0.15, 0.2) is 54.6 Å². The van der Waals surface area contributed by atoms with E-state index in [1.807, 2.05) is 37.3 Å². The number of rotatable bonds is 3. The summed E-state index contributed by atoms with van der Waals surface area (Å²) < 4.78 is 0. The second kappa shape index (κ2) is 5.10. The van der Waals surface area contributed by atoms with Crippen LogP contribution in [0.3, 0.4) is 0 Å². The highest BCUT2D eigenvalue weighted by Crippen LogP contribution is 2.56. The average molecular weight is 317 g/mol. The Kier molecular flexibility index (Phi) is 3.14. The first-order valence-electron chi connectivity index (χ1n) is 8.15. The van der Waals surface area contributed by atoms with Gasteiger partial charge in [-0.05, 0) is 65.4 Å². The van der Waals surface area contributed by atoms with Gasteiger partial charge in [0, 0.05) is 11.0 Å². The third kappa shape index (κ3) is 2.08. The molecule has 1 amide bonds. The van der Waals surface area contributed by atoms with E-state index in [4.69, 9.17) is 5.73 Å². The summed E-state index contributed by atoms with van der Waals surface area (Å²) in [6.45, 7) is 1.96. The number of phenols is 1. The number of fused-ring (bicyclic) bond motifs is 1. The predicted octanol–water partition coefficient (Wildman–Crippen LogP) is 4.03. The molecule has 0 aromatic heterocycles. The van der Waals surface area contributed by atoms with Crippen molar-refractivity contribution in [1.82, 2.24) is 0 Å². The molecule has 1 fully saturated rings. The van der Waals surface area contributed by atoms with Crippen molar-refractivity contribution in [3.8, 4) is 5.75 Å². The number of amides is 1. The van der Waals surface area contributed by atoms with Crippen LogP contribution in [0.25, 0.3) is 10.8 Å². The molecular weight excluding hydrogens is 298 g/mol. The largest absolute Gasteiger partial charge is 0.508 e. The number of primary amides is 1. The van der Waals surface area contributed by atoms with Gasteiger partial charge in [-0.25, -0.2) is 0 Å². The third-order valence-electron chi connectivity index (χ3n) is 5.23. The maximum Gasteiger partial charge on any atom is 0.248 e. The molecule has 0 heterocycles. The molecule has 1 aliphatic carbocycles. The number of hydrogen-bond acceptors (Lipinski definition) is 2. The fourth-order valence-electron chi connectivity index (χ4n) is 3.92. The predicted molar refractivity (Wildman–Crippen MR) is 95.3 cm³/mol. The van der Waals surface area contributed by atoms with E-state index in [1.165, 1.54) is 0 Å². The topological polar surface area (TPSA) is 63.3 Å². The minimum atomic E-state index is -0.397. The van der Waals surface area contributed by atoms with E-state index in [9.17, 15) is 9.90 Å². The summed E-state index contributed by atoms with van der Waals surface area (Å²) in [4.78, 5) is 11.7. The smallest absolute Gasteiger partial charge is 0.248 e. The van der Waals surface area contributed by atoms with E-state index in [0.717, 1.165) is 40.3 Å². The Morgan fingerprint density at radius 2 is 1.79 bits per heavy atom. The number of benzene rings is 3. The lowest BCUT2D eigenvalue weighted by Crippen LogP contribution is -2.17. The Morgan fingerprint density at radius 1 is 1.04 bits per heavy atom. The number of nitrogens with two attached hydrogens (primary N) is 1. The van der Waals surface area contributed by atoms with E-state index < -0.39 is 5.91 Å². The molecule has 3 aromatic carbocycles. The van der Waals surface area contributed by atoms with Gasteiger partial charge in [0.2, 0.25) is 5.91 Å². The SMILES string of the molecule is Cc1c(C(N)=O)cccc1C1(c2cc(O)cc3ccccc23)CC1. The summed E-state index contributed by atoms with van der Waals surface area (Å²) in [6.07, 6.45) is 2.01. The van der Waals surface area contributed by atoms with E-state index in [0.29, 0.717) is 5.56 Å². The number of phenolic OH excluding ortho intramolecular Hbond substituents is 1. The van der Waals surface area contributed by atoms with Crippen molar-refractivity contribution in [2.24, 2.45) is 5.73 Å². The van der Waals surface area contributed by atoms with Gasteiger partial charge in [-0.1, -0.05) is 36.4 Å². The number of hydrogen-bond donors (Lipinski definition) is 2. The van der Waals surface area contributed by atoms with E-state index >= 15 is 0 Å². The van der Waals surface area contributed by atoms with Gasteiger partial charge in [0.05, 0.1) is 0 Å². The van der Waals surface area contributed by atoms with Crippen molar-refractivity contribution in [2.45, 2.75) is 25.2 Å². The molecule has 0 radical (unpaired) electrons. The van der Waals surface area contributed by atoms with E-state index in [2.05, 4.69) is 12.1 Å². The van der Waals surface area contributed by atoms with Gasteiger partial charge in [0.1, 0.15) is 5.75 Å². The molecule has 1 aliphatic rings. The summed E-state index contributed by atoms with van der Waals surface area (Å²) in [5.41, 5.74) is 9.15. The molecule has 120 valence electrons. The Morgan fingerprint density at radius 3 is 2.50 bits per heavy atom. The Bertz CT molecular complexity index is 971. The maximum absolute atomic E-state index is 11.7. The monoisotopic (exact) mass is 317 g/mol. The maximum atomic E-state index is 11.7. The van der Waals surface area contributed by atoms with Crippen molar-refractivity contribution in [1.29, 1.82) is 0 Å². The fourth-order valence-corrected chi connectivity index (χ4v) is 3.92. The number of carbonyl (C=O) groups is 1. The molecule has 0 spiro atoms. The van der Waals surface area contributed by atoms with Crippen LogP contribution < -0.4 is 5.73 Å². The fraction of sp³-hybridized carbons (Fsp3) is 0.190. The second-order valence-corrected chi connectivity index (χ2v) is 6.64. The molecule has 3 N–H and O–H groups in total. The molecule has 0 bridgehead atoms. The van der Waals surface area contributed by atoms with Gasteiger partial charge in [-0.2, -0.15) is 0 Å². The zero-order chi connectivity index (χ0) is 16.9.